The molecular formula is C69H49N3. The summed E-state index contributed by atoms with van der Waals surface area (Å²) < 4.78 is 0. The highest BCUT2D eigenvalue weighted by atomic mass is 15.2. The van der Waals surface area contributed by atoms with Gasteiger partial charge in [0.25, 0.3) is 0 Å². The van der Waals surface area contributed by atoms with Crippen molar-refractivity contribution >= 4 is 39.8 Å². The fourth-order valence-electron chi connectivity index (χ4n) is 12.8. The molecule has 0 saturated carbocycles. The Morgan fingerprint density at radius 2 is 0.778 bits per heavy atom. The van der Waals surface area contributed by atoms with E-state index in [-0.39, 0.29) is 5.41 Å². The Labute approximate surface area is 421 Å². The molecule has 340 valence electrons. The minimum atomic E-state index is -0.528. The average Bonchev–Trinajstić information content (AvgIpc) is 4.01. The number of allylic oxidation sites excluding steroid dienone is 1. The molecule has 10 aromatic carbocycles. The largest absolute Gasteiger partial charge is 0.352 e. The van der Waals surface area contributed by atoms with Crippen LogP contribution in [0, 0.1) is 5.41 Å². The van der Waals surface area contributed by atoms with Gasteiger partial charge in [0.2, 0.25) is 0 Å². The lowest BCUT2D eigenvalue weighted by Gasteiger charge is -2.38. The average molecular weight is 920 g/mol. The predicted molar refractivity (Wildman–Crippen MR) is 298 cm³/mol. The fraction of sp³-hybridized carbons (Fsp3) is 0.0580. The van der Waals surface area contributed by atoms with E-state index in [0.29, 0.717) is 5.71 Å². The number of nitrogens with one attached hydrogen (secondary N) is 2. The van der Waals surface area contributed by atoms with E-state index < -0.39 is 5.41 Å². The van der Waals surface area contributed by atoms with Crippen LogP contribution in [0.1, 0.15) is 75.0 Å². The quantitative estimate of drug-likeness (QED) is 0.156. The topological polar surface area (TPSA) is 39.1 Å². The molecule has 0 bridgehead atoms. The zero-order chi connectivity index (χ0) is 48.1. The first kappa shape index (κ1) is 41.9. The zero-order valence-electron chi connectivity index (χ0n) is 40.1. The van der Waals surface area contributed by atoms with Crippen molar-refractivity contribution in [3.63, 3.8) is 0 Å². The molecule has 14 rings (SSSR count). The summed E-state index contributed by atoms with van der Waals surface area (Å²) in [7, 11) is 0. The molecule has 2 N–H and O–H groups in total. The molecule has 0 amide bonds. The third kappa shape index (κ3) is 5.95. The summed E-state index contributed by atoms with van der Waals surface area (Å²) in [4.78, 5) is 2.53. The highest BCUT2D eigenvalue weighted by Gasteiger charge is 2.52. The van der Waals surface area contributed by atoms with Gasteiger partial charge in [-0.15, -0.1) is 0 Å². The van der Waals surface area contributed by atoms with Gasteiger partial charge in [-0.2, -0.15) is 0 Å². The molecular weight excluding hydrogens is 871 g/mol. The van der Waals surface area contributed by atoms with Gasteiger partial charge in [0, 0.05) is 44.6 Å². The molecule has 0 unspecified atom stereocenters. The number of hydrogen-bond donors (Lipinski definition) is 2. The maximum atomic E-state index is 10.0. The molecule has 0 fully saturated rings. The van der Waals surface area contributed by atoms with Gasteiger partial charge in [0.05, 0.1) is 28.2 Å². The van der Waals surface area contributed by atoms with Gasteiger partial charge in [-0.3, -0.25) is 5.41 Å². The Hall–Kier alpha value is -9.05. The third-order valence-corrected chi connectivity index (χ3v) is 15.9. The van der Waals surface area contributed by atoms with Crippen molar-refractivity contribution in [1.29, 1.82) is 5.41 Å². The third-order valence-electron chi connectivity index (χ3n) is 15.9. The number of fused-ring (bicyclic) bond motifs is 14. The highest BCUT2D eigenvalue weighted by molar-refractivity contribution is 6.36. The molecule has 1 spiro atoms. The van der Waals surface area contributed by atoms with Crippen molar-refractivity contribution in [3.05, 3.63) is 310 Å². The van der Waals surface area contributed by atoms with Crippen LogP contribution in [0.5, 0.6) is 0 Å². The van der Waals surface area contributed by atoms with Crippen LogP contribution >= 0.6 is 0 Å². The lowest BCUT2D eigenvalue weighted by Crippen LogP contribution is -2.29. The van der Waals surface area contributed by atoms with Crippen molar-refractivity contribution in [2.75, 3.05) is 4.90 Å². The van der Waals surface area contributed by atoms with Crippen molar-refractivity contribution in [1.82, 2.24) is 5.32 Å². The summed E-state index contributed by atoms with van der Waals surface area (Å²) in [6, 6.07) is 90.5. The molecule has 72 heavy (non-hydrogen) atoms. The smallest absolute Gasteiger partial charge is 0.0782 e. The molecule has 0 saturated heterocycles. The van der Waals surface area contributed by atoms with Crippen molar-refractivity contribution in [3.8, 4) is 33.4 Å². The molecule has 3 aliphatic carbocycles. The first-order valence-corrected chi connectivity index (χ1v) is 25.0. The number of nitrogens with zero attached hydrogens (tertiary/aromatic N) is 1. The summed E-state index contributed by atoms with van der Waals surface area (Å²) in [6.45, 7) is 4.74. The summed E-state index contributed by atoms with van der Waals surface area (Å²) in [5.74, 6) is 0. The van der Waals surface area contributed by atoms with Gasteiger partial charge in [0.15, 0.2) is 0 Å². The number of anilines is 2. The normalized spacial score (nSPS) is 15.3. The standard InChI is InChI=1S/C69H49N3/c1-68(2)57-34-18-14-28-49(57)53-40-38-47(42-61(53)68)72(48-39-41-54-52-31-17-21-37-60(52)69(62(54)43-48)58-35-19-15-29-50(58)51-30-16-20-36-59(51)69)67-56-33-13-12-32-55(56)66(71-65(67)46-26-10-5-11-27-46)63(44-22-6-3-7-23-44)64(70)45-24-8-4-9-25-45/h3-43,70-71H,1-2H3/b66-63-,70-64?. The maximum Gasteiger partial charge on any atom is 0.0782 e. The number of benzene rings is 10. The summed E-state index contributed by atoms with van der Waals surface area (Å²) in [6.07, 6.45) is 0. The van der Waals surface area contributed by atoms with Gasteiger partial charge < -0.3 is 10.2 Å². The van der Waals surface area contributed by atoms with Crippen LogP contribution < -0.4 is 10.2 Å². The van der Waals surface area contributed by atoms with Crippen LogP contribution in [0.3, 0.4) is 0 Å². The fourth-order valence-corrected chi connectivity index (χ4v) is 12.8. The second-order valence-corrected chi connectivity index (χ2v) is 20.0. The molecule has 0 atom stereocenters. The monoisotopic (exact) mass is 919 g/mol. The van der Waals surface area contributed by atoms with Gasteiger partial charge in [-0.05, 0) is 96.6 Å². The van der Waals surface area contributed by atoms with Gasteiger partial charge in [0.1, 0.15) is 0 Å². The summed E-state index contributed by atoms with van der Waals surface area (Å²) in [5, 5.41) is 14.2. The first-order valence-electron chi connectivity index (χ1n) is 25.0. The van der Waals surface area contributed by atoms with Crippen molar-refractivity contribution in [2.45, 2.75) is 24.7 Å². The van der Waals surface area contributed by atoms with Crippen LogP contribution in [-0.2, 0) is 10.8 Å². The molecule has 1 heterocycles. The molecule has 0 aromatic heterocycles. The minimum absolute atomic E-state index is 0.230. The van der Waals surface area contributed by atoms with Crippen LogP contribution in [0.25, 0.3) is 56.0 Å². The van der Waals surface area contributed by atoms with Crippen LogP contribution in [0.15, 0.2) is 249 Å². The predicted octanol–water partition coefficient (Wildman–Crippen LogP) is 16.5. The Kier molecular flexibility index (Phi) is 9.30. The Bertz CT molecular complexity index is 3870. The van der Waals surface area contributed by atoms with E-state index in [1.807, 2.05) is 36.4 Å². The molecule has 10 aromatic rings. The molecule has 3 nitrogen and oxygen atoms in total. The summed E-state index contributed by atoms with van der Waals surface area (Å²) >= 11 is 0. The van der Waals surface area contributed by atoms with E-state index in [4.69, 9.17) is 0 Å². The maximum absolute atomic E-state index is 10.0. The van der Waals surface area contributed by atoms with Crippen molar-refractivity contribution < 1.29 is 0 Å². The van der Waals surface area contributed by atoms with E-state index in [9.17, 15) is 5.41 Å². The van der Waals surface area contributed by atoms with E-state index >= 15 is 0 Å². The van der Waals surface area contributed by atoms with Gasteiger partial charge in [-0.1, -0.05) is 238 Å². The highest BCUT2D eigenvalue weighted by Crippen LogP contribution is 2.63. The number of rotatable bonds is 7. The Morgan fingerprint density at radius 1 is 0.375 bits per heavy atom. The molecule has 0 radical (unpaired) electrons. The zero-order valence-corrected chi connectivity index (χ0v) is 40.1. The van der Waals surface area contributed by atoms with E-state index in [2.05, 4.69) is 236 Å². The lowest BCUT2D eigenvalue weighted by atomic mass is 9.70. The second kappa shape index (κ2) is 16.0. The SMILES string of the molecule is CC1(C)c2ccccc2-c2ccc(N(C3=C(c4ccccc4)N/C(=C(\C(=N)c4ccccc4)c4ccccc4)c4ccccc43)c3ccc4c(c3)C3(c5ccccc5-c5ccccc53)c3ccccc3-4)cc21. The van der Waals surface area contributed by atoms with E-state index in [1.54, 1.807) is 0 Å². The van der Waals surface area contributed by atoms with E-state index in [1.165, 1.54) is 66.8 Å². The van der Waals surface area contributed by atoms with Crippen LogP contribution in [0.2, 0.25) is 0 Å². The first-order chi connectivity index (χ1) is 35.4. The van der Waals surface area contributed by atoms with Gasteiger partial charge in [-0.25, -0.2) is 0 Å². The van der Waals surface area contributed by atoms with Crippen LogP contribution in [0.4, 0.5) is 11.4 Å². The Morgan fingerprint density at radius 3 is 1.33 bits per heavy atom. The molecule has 3 heteroatoms. The van der Waals surface area contributed by atoms with E-state index in [0.717, 1.165) is 61.9 Å². The lowest BCUT2D eigenvalue weighted by molar-refractivity contribution is 0.660. The number of hydrogen-bond acceptors (Lipinski definition) is 3. The molecule has 4 aliphatic rings. The molecule has 1 aliphatic heterocycles. The van der Waals surface area contributed by atoms with Crippen molar-refractivity contribution in [2.24, 2.45) is 0 Å². The Balaban J connectivity index is 1.08. The van der Waals surface area contributed by atoms with Crippen LogP contribution in [-0.4, -0.2) is 5.71 Å². The minimum Gasteiger partial charge on any atom is -0.352 e. The summed E-state index contributed by atoms with van der Waals surface area (Å²) in [5.41, 5.74) is 26.0. The van der Waals surface area contributed by atoms with Gasteiger partial charge >= 0.3 is 0 Å². The second-order valence-electron chi connectivity index (χ2n) is 20.0.